The van der Waals surface area contributed by atoms with Crippen LogP contribution in [0.1, 0.15) is 5.56 Å². The predicted octanol–water partition coefficient (Wildman–Crippen LogP) is 2.55. The van der Waals surface area contributed by atoms with Crippen LogP contribution in [0.15, 0.2) is 42.7 Å². The third-order valence-corrected chi connectivity index (χ3v) is 4.74. The molecule has 0 spiro atoms. The van der Waals surface area contributed by atoms with Crippen molar-refractivity contribution in [2.45, 2.75) is 18.8 Å². The number of nitrogens with zero attached hydrogens (tertiary/aromatic N) is 4. The molecule has 1 saturated heterocycles. The minimum absolute atomic E-state index is 0.0252. The van der Waals surface area contributed by atoms with E-state index in [2.05, 4.69) is 20.3 Å². The summed E-state index contributed by atoms with van der Waals surface area (Å²) in [4.78, 5) is 18.6. The van der Waals surface area contributed by atoms with E-state index in [4.69, 9.17) is 0 Å². The van der Waals surface area contributed by atoms with Gasteiger partial charge in [0.15, 0.2) is 0 Å². The second-order valence-corrected chi connectivity index (χ2v) is 6.99. The van der Waals surface area contributed by atoms with Crippen LogP contribution in [0.25, 0.3) is 22.2 Å². The van der Waals surface area contributed by atoms with Crippen LogP contribution in [0.2, 0.25) is 0 Å². The van der Waals surface area contributed by atoms with Gasteiger partial charge in [-0.1, -0.05) is 12.1 Å². The monoisotopic (exact) mass is 389 g/mol. The molecule has 0 aliphatic carbocycles. The first-order chi connectivity index (χ1) is 13.3. The van der Waals surface area contributed by atoms with Gasteiger partial charge >= 0.3 is 6.18 Å². The number of carbonyl (C=O) groups is 1. The zero-order chi connectivity index (χ0) is 19.9. The number of halogens is 3. The van der Waals surface area contributed by atoms with E-state index in [0.717, 1.165) is 25.2 Å². The molecule has 6 nitrogen and oxygen atoms in total. The molecule has 1 aliphatic heterocycles. The van der Waals surface area contributed by atoms with Crippen molar-refractivity contribution in [2.24, 2.45) is 0 Å². The topological polar surface area (TPSA) is 63.1 Å². The number of benzene rings is 1. The molecule has 2 aromatic heterocycles. The quantitative estimate of drug-likeness (QED) is 0.745. The average Bonchev–Trinajstić information content (AvgIpc) is 3.02. The molecule has 3 aromatic rings. The number of aromatic nitrogens is 3. The van der Waals surface area contributed by atoms with Crippen LogP contribution in [0.5, 0.6) is 0 Å². The van der Waals surface area contributed by atoms with Crippen LogP contribution in [0.4, 0.5) is 13.2 Å². The Hall–Kier alpha value is -2.94. The second kappa shape index (κ2) is 6.90. The Labute approximate surface area is 159 Å². The average molecular weight is 389 g/mol. The Balaban J connectivity index is 1.59. The lowest BCUT2D eigenvalue weighted by Crippen LogP contribution is -2.57. The number of amides is 1. The summed E-state index contributed by atoms with van der Waals surface area (Å²) < 4.78 is 40.5. The van der Waals surface area contributed by atoms with Crippen molar-refractivity contribution in [3.63, 3.8) is 0 Å². The normalized spacial score (nSPS) is 15.6. The number of carbonyl (C=O) groups excluding carboxylic acids is 1. The van der Waals surface area contributed by atoms with E-state index in [1.165, 1.54) is 23.1 Å². The van der Waals surface area contributed by atoms with E-state index in [9.17, 15) is 18.0 Å². The maximum atomic E-state index is 13.0. The number of nitrogens with one attached hydrogen (secondary N) is 1. The predicted molar refractivity (Wildman–Crippen MR) is 97.4 cm³/mol. The third kappa shape index (κ3) is 3.70. The van der Waals surface area contributed by atoms with Gasteiger partial charge in [-0.25, -0.2) is 0 Å². The van der Waals surface area contributed by atoms with Crippen molar-refractivity contribution in [2.75, 3.05) is 20.1 Å². The molecular formula is C19H18F3N5O. The van der Waals surface area contributed by atoms with E-state index < -0.39 is 11.7 Å². The Morgan fingerprint density at radius 2 is 2.00 bits per heavy atom. The summed E-state index contributed by atoms with van der Waals surface area (Å²) in [7, 11) is 1.98. The first kappa shape index (κ1) is 18.4. The van der Waals surface area contributed by atoms with Gasteiger partial charge in [0.2, 0.25) is 5.91 Å². The lowest BCUT2D eigenvalue weighted by Gasteiger charge is -2.36. The fourth-order valence-electron chi connectivity index (χ4n) is 3.32. The molecule has 0 saturated carbocycles. The van der Waals surface area contributed by atoms with Crippen molar-refractivity contribution < 1.29 is 18.0 Å². The fraction of sp³-hybridized carbons (Fsp3) is 0.316. The summed E-state index contributed by atoms with van der Waals surface area (Å²) in [5, 5.41) is 7.13. The largest absolute Gasteiger partial charge is 0.416 e. The zero-order valence-electron chi connectivity index (χ0n) is 15.1. The summed E-state index contributed by atoms with van der Waals surface area (Å²) in [6, 6.07) is 6.92. The molecule has 1 N–H and O–H groups in total. The molecule has 0 bridgehead atoms. The molecular weight excluding hydrogens is 371 g/mol. The van der Waals surface area contributed by atoms with Crippen LogP contribution >= 0.6 is 0 Å². The van der Waals surface area contributed by atoms with Crippen LogP contribution in [-0.2, 0) is 17.5 Å². The summed E-state index contributed by atoms with van der Waals surface area (Å²) in [6.45, 7) is 1.65. The van der Waals surface area contributed by atoms with Crippen LogP contribution in [0.3, 0.4) is 0 Å². The SMILES string of the molecule is CN1CC(NC(=O)Cn2ncc3ncc(-c4cccc(C(F)(F)F)c4)cc32)C1. The summed E-state index contributed by atoms with van der Waals surface area (Å²) >= 11 is 0. The molecule has 9 heteroatoms. The highest BCUT2D eigenvalue weighted by molar-refractivity contribution is 5.83. The molecule has 0 radical (unpaired) electrons. The van der Waals surface area contributed by atoms with Crippen molar-refractivity contribution in [1.82, 2.24) is 25.0 Å². The first-order valence-electron chi connectivity index (χ1n) is 8.77. The van der Waals surface area contributed by atoms with Gasteiger partial charge in [-0.05, 0) is 30.8 Å². The Bertz CT molecular complexity index is 1020. The molecule has 28 heavy (non-hydrogen) atoms. The summed E-state index contributed by atoms with van der Waals surface area (Å²) in [6.07, 6.45) is -1.37. The van der Waals surface area contributed by atoms with Gasteiger partial charge in [-0.2, -0.15) is 18.3 Å². The van der Waals surface area contributed by atoms with Crippen LogP contribution in [0, 0.1) is 0 Å². The first-order valence-corrected chi connectivity index (χ1v) is 8.77. The molecule has 1 aliphatic rings. The Morgan fingerprint density at radius 1 is 1.21 bits per heavy atom. The van der Waals surface area contributed by atoms with Gasteiger partial charge < -0.3 is 10.2 Å². The lowest BCUT2D eigenvalue weighted by atomic mass is 10.0. The molecule has 3 heterocycles. The van der Waals surface area contributed by atoms with Crippen LogP contribution in [-0.4, -0.2) is 51.8 Å². The summed E-state index contributed by atoms with van der Waals surface area (Å²) in [5.74, 6) is -0.160. The molecule has 0 unspecified atom stereocenters. The second-order valence-electron chi connectivity index (χ2n) is 6.99. The molecule has 1 fully saturated rings. The number of likely N-dealkylation sites (tertiary alicyclic amines) is 1. The minimum Gasteiger partial charge on any atom is -0.349 e. The number of likely N-dealkylation sites (N-methyl/N-ethyl adjacent to an activating group) is 1. The van der Waals surface area contributed by atoms with Gasteiger partial charge in [-0.15, -0.1) is 0 Å². The molecule has 146 valence electrons. The number of alkyl halides is 3. The maximum Gasteiger partial charge on any atom is 0.416 e. The smallest absolute Gasteiger partial charge is 0.349 e. The van der Waals surface area contributed by atoms with E-state index in [1.54, 1.807) is 12.1 Å². The number of pyridine rings is 1. The molecule has 1 aromatic carbocycles. The maximum absolute atomic E-state index is 13.0. The minimum atomic E-state index is -4.41. The molecule has 1 amide bonds. The highest BCUT2D eigenvalue weighted by atomic mass is 19.4. The molecule has 4 rings (SSSR count). The van der Waals surface area contributed by atoms with Gasteiger partial charge in [0.05, 0.1) is 23.3 Å². The highest BCUT2D eigenvalue weighted by Gasteiger charge is 2.30. The standard InChI is InChI=1S/C19H18F3N5O/c1-26-9-15(10-26)25-18(28)11-27-17-6-13(7-23-16(17)8-24-27)12-3-2-4-14(5-12)19(20,21)22/h2-8,15H,9-11H2,1H3,(H,25,28). The van der Waals surface area contributed by atoms with E-state index in [1.807, 2.05) is 7.05 Å². The van der Waals surface area contributed by atoms with Gasteiger partial charge in [0.25, 0.3) is 0 Å². The number of hydrogen-bond donors (Lipinski definition) is 1. The van der Waals surface area contributed by atoms with Crippen molar-refractivity contribution >= 4 is 16.9 Å². The van der Waals surface area contributed by atoms with Crippen LogP contribution < -0.4 is 5.32 Å². The van der Waals surface area contributed by atoms with Crippen molar-refractivity contribution in [3.8, 4) is 11.1 Å². The summed E-state index contributed by atoms with van der Waals surface area (Å²) in [5.41, 5.74) is 1.38. The highest BCUT2D eigenvalue weighted by Crippen LogP contribution is 2.32. The number of fused-ring (bicyclic) bond motifs is 1. The van der Waals surface area contributed by atoms with Gasteiger partial charge in [0.1, 0.15) is 12.1 Å². The lowest BCUT2D eigenvalue weighted by molar-refractivity contribution is -0.137. The van der Waals surface area contributed by atoms with E-state index in [-0.39, 0.29) is 18.5 Å². The van der Waals surface area contributed by atoms with Gasteiger partial charge in [0, 0.05) is 24.8 Å². The number of rotatable bonds is 4. The number of hydrogen-bond acceptors (Lipinski definition) is 4. The van der Waals surface area contributed by atoms with E-state index >= 15 is 0 Å². The Kier molecular flexibility index (Phi) is 4.54. The van der Waals surface area contributed by atoms with Crippen molar-refractivity contribution in [3.05, 3.63) is 48.3 Å². The van der Waals surface area contributed by atoms with E-state index in [0.29, 0.717) is 22.2 Å². The third-order valence-electron chi connectivity index (χ3n) is 4.74. The Morgan fingerprint density at radius 3 is 2.71 bits per heavy atom. The fourth-order valence-corrected chi connectivity index (χ4v) is 3.32. The zero-order valence-corrected chi connectivity index (χ0v) is 15.1. The molecule has 0 atom stereocenters. The van der Waals surface area contributed by atoms with Crippen molar-refractivity contribution in [1.29, 1.82) is 0 Å². The van der Waals surface area contributed by atoms with Gasteiger partial charge in [-0.3, -0.25) is 14.5 Å².